The molecule has 2 rings (SSSR count). The average Bonchev–Trinajstić information content (AvgIpc) is 2.46. The summed E-state index contributed by atoms with van der Waals surface area (Å²) in [6, 6.07) is 17.1. The smallest absolute Gasteiger partial charge is 0.0992 e. The number of benzene rings is 2. The van der Waals surface area contributed by atoms with Crippen molar-refractivity contribution < 1.29 is 4.21 Å². The van der Waals surface area contributed by atoms with Gasteiger partial charge in [-0.3, -0.25) is 4.21 Å². The van der Waals surface area contributed by atoms with Gasteiger partial charge in [0.05, 0.1) is 11.6 Å². The van der Waals surface area contributed by atoms with Gasteiger partial charge in [-0.05, 0) is 35.9 Å². The SMILES string of the molecule is CS(=O)c1ccc(CNc2cccc(C#N)c2)cc1. The predicted octanol–water partition coefficient (Wildman–Crippen LogP) is 2.91. The molecule has 96 valence electrons. The maximum Gasteiger partial charge on any atom is 0.0992 e. The number of nitrogens with zero attached hydrogens (tertiary/aromatic N) is 1. The van der Waals surface area contributed by atoms with Crippen LogP contribution in [0.3, 0.4) is 0 Å². The van der Waals surface area contributed by atoms with Crippen molar-refractivity contribution in [2.24, 2.45) is 0 Å². The summed E-state index contributed by atoms with van der Waals surface area (Å²) in [4.78, 5) is 0.829. The van der Waals surface area contributed by atoms with Crippen LogP contribution in [0.4, 0.5) is 5.69 Å². The highest BCUT2D eigenvalue weighted by molar-refractivity contribution is 7.84. The highest BCUT2D eigenvalue weighted by Gasteiger charge is 1.99. The van der Waals surface area contributed by atoms with Gasteiger partial charge in [-0.25, -0.2) is 0 Å². The minimum Gasteiger partial charge on any atom is -0.381 e. The fraction of sp³-hybridized carbons (Fsp3) is 0.133. The van der Waals surface area contributed by atoms with Crippen molar-refractivity contribution in [3.05, 3.63) is 59.7 Å². The Labute approximate surface area is 115 Å². The molecule has 0 radical (unpaired) electrons. The Hall–Kier alpha value is -2.12. The van der Waals surface area contributed by atoms with Crippen molar-refractivity contribution in [3.8, 4) is 6.07 Å². The second-order valence-electron chi connectivity index (χ2n) is 4.14. The summed E-state index contributed by atoms with van der Waals surface area (Å²) in [6.45, 7) is 0.672. The van der Waals surface area contributed by atoms with Gasteiger partial charge in [-0.1, -0.05) is 18.2 Å². The van der Waals surface area contributed by atoms with Gasteiger partial charge in [0, 0.05) is 34.2 Å². The highest BCUT2D eigenvalue weighted by atomic mass is 32.2. The number of hydrogen-bond acceptors (Lipinski definition) is 3. The molecular weight excluding hydrogens is 256 g/mol. The fourth-order valence-corrected chi connectivity index (χ4v) is 2.22. The quantitative estimate of drug-likeness (QED) is 0.929. The third-order valence-electron chi connectivity index (χ3n) is 2.74. The predicted molar refractivity (Wildman–Crippen MR) is 77.3 cm³/mol. The minimum atomic E-state index is -0.938. The summed E-state index contributed by atoms with van der Waals surface area (Å²) >= 11 is 0. The molecule has 0 aliphatic rings. The Morgan fingerprint density at radius 2 is 1.95 bits per heavy atom. The minimum absolute atomic E-state index is 0.640. The second kappa shape index (κ2) is 6.17. The van der Waals surface area contributed by atoms with Gasteiger partial charge in [0.15, 0.2) is 0 Å². The third-order valence-corrected chi connectivity index (χ3v) is 3.68. The van der Waals surface area contributed by atoms with Crippen LogP contribution in [0.1, 0.15) is 11.1 Å². The lowest BCUT2D eigenvalue weighted by Gasteiger charge is -2.07. The number of hydrogen-bond donors (Lipinski definition) is 1. The van der Waals surface area contributed by atoms with Crippen LogP contribution in [0.5, 0.6) is 0 Å². The van der Waals surface area contributed by atoms with Crippen molar-refractivity contribution in [1.82, 2.24) is 0 Å². The van der Waals surface area contributed by atoms with Crippen LogP contribution >= 0.6 is 0 Å². The lowest BCUT2D eigenvalue weighted by molar-refractivity contribution is 0.687. The molecule has 4 heteroatoms. The van der Waals surface area contributed by atoms with E-state index in [4.69, 9.17) is 5.26 Å². The van der Waals surface area contributed by atoms with E-state index in [1.54, 1.807) is 12.3 Å². The molecule has 0 saturated carbocycles. The summed E-state index contributed by atoms with van der Waals surface area (Å²) in [5.41, 5.74) is 2.67. The number of rotatable bonds is 4. The van der Waals surface area contributed by atoms with Gasteiger partial charge >= 0.3 is 0 Å². The number of anilines is 1. The van der Waals surface area contributed by atoms with E-state index in [0.717, 1.165) is 16.1 Å². The van der Waals surface area contributed by atoms with Gasteiger partial charge in [0.1, 0.15) is 0 Å². The van der Waals surface area contributed by atoms with E-state index in [9.17, 15) is 4.21 Å². The Kier molecular flexibility index (Phi) is 4.32. The van der Waals surface area contributed by atoms with E-state index >= 15 is 0 Å². The van der Waals surface area contributed by atoms with Crippen molar-refractivity contribution in [3.63, 3.8) is 0 Å². The molecule has 19 heavy (non-hydrogen) atoms. The first-order chi connectivity index (χ1) is 9.19. The zero-order chi connectivity index (χ0) is 13.7. The van der Waals surface area contributed by atoms with E-state index in [-0.39, 0.29) is 0 Å². The molecule has 0 spiro atoms. The number of nitrogens with one attached hydrogen (secondary N) is 1. The monoisotopic (exact) mass is 270 g/mol. The molecule has 2 aromatic carbocycles. The van der Waals surface area contributed by atoms with Crippen molar-refractivity contribution in [2.75, 3.05) is 11.6 Å². The molecular formula is C15H14N2OS. The Morgan fingerprint density at radius 3 is 2.58 bits per heavy atom. The molecule has 0 fully saturated rings. The van der Waals surface area contributed by atoms with Crippen molar-refractivity contribution in [1.29, 1.82) is 5.26 Å². The molecule has 1 N–H and O–H groups in total. The average molecular weight is 270 g/mol. The maximum atomic E-state index is 11.3. The molecule has 0 amide bonds. The first kappa shape index (κ1) is 13.3. The normalized spacial score (nSPS) is 11.6. The molecule has 0 aliphatic heterocycles. The van der Waals surface area contributed by atoms with Gasteiger partial charge in [-0.15, -0.1) is 0 Å². The van der Waals surface area contributed by atoms with Crippen molar-refractivity contribution in [2.45, 2.75) is 11.4 Å². The third kappa shape index (κ3) is 3.67. The van der Waals surface area contributed by atoms with Crippen molar-refractivity contribution >= 4 is 16.5 Å². The molecule has 3 nitrogen and oxygen atoms in total. The van der Waals surface area contributed by atoms with Crippen LogP contribution in [0.15, 0.2) is 53.4 Å². The van der Waals surface area contributed by atoms with Crippen LogP contribution in [-0.4, -0.2) is 10.5 Å². The van der Waals surface area contributed by atoms with Crippen LogP contribution in [0.25, 0.3) is 0 Å². The van der Waals surface area contributed by atoms with E-state index in [0.29, 0.717) is 12.1 Å². The molecule has 0 bridgehead atoms. The standard InChI is InChI=1S/C15H14N2OS/c1-19(18)15-7-5-12(6-8-15)11-17-14-4-2-3-13(9-14)10-16/h2-9,17H,11H2,1H3. The van der Waals surface area contributed by atoms with Crippen LogP contribution in [0.2, 0.25) is 0 Å². The molecule has 0 aliphatic carbocycles. The van der Waals surface area contributed by atoms with E-state index in [1.165, 1.54) is 0 Å². The lowest BCUT2D eigenvalue weighted by Crippen LogP contribution is -1.99. The molecule has 1 unspecified atom stereocenters. The maximum absolute atomic E-state index is 11.3. The number of nitriles is 1. The lowest BCUT2D eigenvalue weighted by atomic mass is 10.2. The van der Waals surface area contributed by atoms with Gasteiger partial charge in [0.25, 0.3) is 0 Å². The summed E-state index contributed by atoms with van der Waals surface area (Å²) in [7, 11) is -0.938. The molecule has 2 aromatic rings. The summed E-state index contributed by atoms with van der Waals surface area (Å²) in [5.74, 6) is 0. The highest BCUT2D eigenvalue weighted by Crippen LogP contribution is 2.13. The first-order valence-electron chi connectivity index (χ1n) is 5.85. The molecule has 0 saturated heterocycles. The Bertz CT molecular complexity index is 629. The fourth-order valence-electron chi connectivity index (χ4n) is 1.70. The summed E-state index contributed by atoms with van der Waals surface area (Å²) < 4.78 is 11.3. The van der Waals surface area contributed by atoms with Gasteiger partial charge < -0.3 is 5.32 Å². The second-order valence-corrected chi connectivity index (χ2v) is 5.52. The molecule has 0 heterocycles. The van der Waals surface area contributed by atoms with Gasteiger partial charge in [-0.2, -0.15) is 5.26 Å². The largest absolute Gasteiger partial charge is 0.381 e. The molecule has 0 aromatic heterocycles. The first-order valence-corrected chi connectivity index (χ1v) is 7.41. The van der Waals surface area contributed by atoms with Gasteiger partial charge in [0.2, 0.25) is 0 Å². The topological polar surface area (TPSA) is 52.9 Å². The van der Waals surface area contributed by atoms with Crippen LogP contribution in [-0.2, 0) is 17.3 Å². The zero-order valence-corrected chi connectivity index (χ0v) is 11.4. The Balaban J connectivity index is 2.02. The molecule has 1 atom stereocenters. The van der Waals surface area contributed by atoms with E-state index in [2.05, 4.69) is 11.4 Å². The zero-order valence-electron chi connectivity index (χ0n) is 10.6. The summed E-state index contributed by atoms with van der Waals surface area (Å²) in [6.07, 6.45) is 1.67. The van der Waals surface area contributed by atoms with Crippen LogP contribution < -0.4 is 5.32 Å². The van der Waals surface area contributed by atoms with Crippen LogP contribution in [0, 0.1) is 11.3 Å². The van der Waals surface area contributed by atoms with E-state index < -0.39 is 10.8 Å². The Morgan fingerprint density at radius 1 is 1.21 bits per heavy atom. The summed E-state index contributed by atoms with van der Waals surface area (Å²) in [5, 5.41) is 12.1. The van der Waals surface area contributed by atoms with E-state index in [1.807, 2.05) is 42.5 Å².